The third-order valence-corrected chi connectivity index (χ3v) is 4.24. The first kappa shape index (κ1) is 15.3. The Morgan fingerprint density at radius 3 is 2.52 bits per heavy atom. The van der Waals surface area contributed by atoms with Crippen LogP contribution >= 0.6 is 11.8 Å². The number of halogens is 1. The third kappa shape index (κ3) is 3.60. The number of anilines is 3. The van der Waals surface area contributed by atoms with Crippen molar-refractivity contribution in [3.63, 3.8) is 0 Å². The van der Waals surface area contributed by atoms with E-state index in [2.05, 4.69) is 15.3 Å². The van der Waals surface area contributed by atoms with Gasteiger partial charge in [0.1, 0.15) is 22.9 Å². The van der Waals surface area contributed by atoms with Crippen LogP contribution < -0.4 is 11.1 Å². The van der Waals surface area contributed by atoms with Crippen molar-refractivity contribution >= 4 is 29.0 Å². The number of nitrogens with zero attached hydrogens (tertiary/aromatic N) is 2. The minimum absolute atomic E-state index is 0.323. The Balaban J connectivity index is 1.86. The molecule has 0 spiro atoms. The van der Waals surface area contributed by atoms with Gasteiger partial charge in [-0.1, -0.05) is 41.6 Å². The van der Waals surface area contributed by atoms with E-state index in [1.165, 1.54) is 29.7 Å². The standard InChI is InChI=1S/C17H15FN4S/c1-11-6-8-12(9-7-11)23-17-15(19)16(20-10-21-17)22-14-5-3-2-4-13(14)18/h2-10H,19H2,1H3,(H,20,21,22). The second kappa shape index (κ2) is 6.66. The maximum atomic E-state index is 13.7. The second-order valence-electron chi connectivity index (χ2n) is 4.96. The van der Waals surface area contributed by atoms with Crippen molar-refractivity contribution in [3.8, 4) is 0 Å². The molecule has 116 valence electrons. The number of aromatic nitrogens is 2. The number of benzene rings is 2. The van der Waals surface area contributed by atoms with Crippen LogP contribution in [0.25, 0.3) is 0 Å². The molecule has 0 aliphatic rings. The summed E-state index contributed by atoms with van der Waals surface area (Å²) >= 11 is 1.44. The van der Waals surface area contributed by atoms with Crippen LogP contribution in [0.15, 0.2) is 64.8 Å². The number of aryl methyl sites for hydroxylation is 1. The Kier molecular flexibility index (Phi) is 4.43. The molecule has 0 saturated carbocycles. The van der Waals surface area contributed by atoms with Gasteiger partial charge < -0.3 is 11.1 Å². The van der Waals surface area contributed by atoms with Crippen LogP contribution in [0, 0.1) is 12.7 Å². The van der Waals surface area contributed by atoms with Crippen LogP contribution in [0.1, 0.15) is 5.56 Å². The summed E-state index contributed by atoms with van der Waals surface area (Å²) in [6.45, 7) is 2.03. The highest BCUT2D eigenvalue weighted by atomic mass is 32.2. The topological polar surface area (TPSA) is 63.8 Å². The van der Waals surface area contributed by atoms with Crippen molar-refractivity contribution in [1.29, 1.82) is 0 Å². The van der Waals surface area contributed by atoms with Crippen LogP contribution in [0.5, 0.6) is 0 Å². The van der Waals surface area contributed by atoms with Gasteiger partial charge in [0.05, 0.1) is 5.69 Å². The summed E-state index contributed by atoms with van der Waals surface area (Å²) in [5, 5.41) is 3.54. The van der Waals surface area contributed by atoms with Crippen molar-refractivity contribution in [2.45, 2.75) is 16.8 Å². The van der Waals surface area contributed by atoms with Crippen molar-refractivity contribution in [2.75, 3.05) is 11.1 Å². The fraction of sp³-hybridized carbons (Fsp3) is 0.0588. The fourth-order valence-corrected chi connectivity index (χ4v) is 2.77. The van der Waals surface area contributed by atoms with E-state index in [9.17, 15) is 4.39 Å². The van der Waals surface area contributed by atoms with E-state index < -0.39 is 0 Å². The van der Waals surface area contributed by atoms with Gasteiger partial charge in [-0.25, -0.2) is 14.4 Å². The number of hydrogen-bond donors (Lipinski definition) is 2. The van der Waals surface area contributed by atoms with Crippen LogP contribution in [0.3, 0.4) is 0 Å². The largest absolute Gasteiger partial charge is 0.394 e. The molecule has 0 unspecified atom stereocenters. The molecule has 0 saturated heterocycles. The predicted octanol–water partition coefficient (Wildman–Crippen LogP) is 4.40. The van der Waals surface area contributed by atoms with Crippen molar-refractivity contribution in [3.05, 3.63) is 66.2 Å². The first-order chi connectivity index (χ1) is 11.1. The zero-order valence-electron chi connectivity index (χ0n) is 12.5. The van der Waals surface area contributed by atoms with E-state index >= 15 is 0 Å². The van der Waals surface area contributed by atoms with Gasteiger partial charge in [0.25, 0.3) is 0 Å². The molecule has 0 fully saturated rings. The van der Waals surface area contributed by atoms with Gasteiger partial charge in [-0.15, -0.1) is 0 Å². The minimum atomic E-state index is -0.363. The SMILES string of the molecule is Cc1ccc(Sc2ncnc(Nc3ccccc3F)c2N)cc1. The quantitative estimate of drug-likeness (QED) is 0.696. The van der Waals surface area contributed by atoms with E-state index in [0.29, 0.717) is 22.2 Å². The highest BCUT2D eigenvalue weighted by Gasteiger charge is 2.11. The maximum Gasteiger partial charge on any atom is 0.158 e. The van der Waals surface area contributed by atoms with Gasteiger partial charge in [0.2, 0.25) is 0 Å². The van der Waals surface area contributed by atoms with Crippen LogP contribution in [0.2, 0.25) is 0 Å². The third-order valence-electron chi connectivity index (χ3n) is 3.21. The molecular formula is C17H15FN4S. The molecule has 0 radical (unpaired) electrons. The number of rotatable bonds is 4. The highest BCUT2D eigenvalue weighted by Crippen LogP contribution is 2.34. The number of nitrogens with two attached hydrogens (primary N) is 1. The summed E-state index contributed by atoms with van der Waals surface area (Å²) < 4.78 is 13.7. The molecule has 0 aliphatic carbocycles. The first-order valence-corrected chi connectivity index (χ1v) is 7.81. The first-order valence-electron chi connectivity index (χ1n) is 7.00. The molecule has 3 rings (SSSR count). The molecule has 2 aromatic carbocycles. The molecule has 4 nitrogen and oxygen atoms in total. The van der Waals surface area contributed by atoms with E-state index in [4.69, 9.17) is 5.73 Å². The van der Waals surface area contributed by atoms with Crippen LogP contribution in [-0.4, -0.2) is 9.97 Å². The van der Waals surface area contributed by atoms with Gasteiger partial charge in [-0.3, -0.25) is 0 Å². The van der Waals surface area contributed by atoms with Gasteiger partial charge in [0.15, 0.2) is 5.82 Å². The molecule has 23 heavy (non-hydrogen) atoms. The lowest BCUT2D eigenvalue weighted by atomic mass is 10.2. The lowest BCUT2D eigenvalue weighted by Gasteiger charge is -2.11. The van der Waals surface area contributed by atoms with Gasteiger partial charge >= 0.3 is 0 Å². The lowest BCUT2D eigenvalue weighted by Crippen LogP contribution is -2.03. The lowest BCUT2D eigenvalue weighted by molar-refractivity contribution is 0.632. The highest BCUT2D eigenvalue weighted by molar-refractivity contribution is 7.99. The van der Waals surface area contributed by atoms with Gasteiger partial charge in [-0.2, -0.15) is 0 Å². The summed E-state index contributed by atoms with van der Waals surface area (Å²) in [5.41, 5.74) is 8.03. The summed E-state index contributed by atoms with van der Waals surface area (Å²) in [7, 11) is 0. The zero-order valence-corrected chi connectivity index (χ0v) is 13.3. The monoisotopic (exact) mass is 326 g/mol. The normalized spacial score (nSPS) is 10.5. The molecule has 1 heterocycles. The summed E-state index contributed by atoms with van der Waals surface area (Å²) in [6, 6.07) is 14.4. The average molecular weight is 326 g/mol. The zero-order chi connectivity index (χ0) is 16.2. The molecule has 3 aromatic rings. The molecule has 0 atom stereocenters. The number of nitrogen functional groups attached to an aromatic ring is 1. The minimum Gasteiger partial charge on any atom is -0.394 e. The summed E-state index contributed by atoms with van der Waals surface area (Å²) in [6.07, 6.45) is 1.41. The average Bonchev–Trinajstić information content (AvgIpc) is 2.55. The van der Waals surface area contributed by atoms with E-state index in [0.717, 1.165) is 4.90 Å². The molecule has 0 bridgehead atoms. The summed E-state index contributed by atoms with van der Waals surface area (Å²) in [5.74, 6) is 0.0259. The smallest absolute Gasteiger partial charge is 0.158 e. The van der Waals surface area contributed by atoms with Crippen LogP contribution in [0.4, 0.5) is 21.6 Å². The van der Waals surface area contributed by atoms with Crippen molar-refractivity contribution in [1.82, 2.24) is 9.97 Å². The fourth-order valence-electron chi connectivity index (χ4n) is 1.97. The number of para-hydroxylation sites is 1. The Morgan fingerprint density at radius 2 is 1.78 bits per heavy atom. The van der Waals surface area contributed by atoms with E-state index in [1.807, 2.05) is 31.2 Å². The molecule has 6 heteroatoms. The van der Waals surface area contributed by atoms with Crippen molar-refractivity contribution < 1.29 is 4.39 Å². The summed E-state index contributed by atoms with van der Waals surface area (Å²) in [4.78, 5) is 9.34. The van der Waals surface area contributed by atoms with Gasteiger partial charge in [0, 0.05) is 4.90 Å². The molecule has 0 amide bonds. The molecule has 0 aliphatic heterocycles. The maximum absolute atomic E-state index is 13.7. The Hall–Kier alpha value is -2.60. The molecular weight excluding hydrogens is 311 g/mol. The Bertz CT molecular complexity index is 821. The van der Waals surface area contributed by atoms with Crippen LogP contribution in [-0.2, 0) is 0 Å². The molecule has 1 aromatic heterocycles. The number of hydrogen-bond acceptors (Lipinski definition) is 5. The Morgan fingerprint density at radius 1 is 1.04 bits per heavy atom. The van der Waals surface area contributed by atoms with Crippen molar-refractivity contribution in [2.24, 2.45) is 0 Å². The molecule has 3 N–H and O–H groups in total. The van der Waals surface area contributed by atoms with E-state index in [1.54, 1.807) is 18.2 Å². The Labute approximate surface area is 138 Å². The van der Waals surface area contributed by atoms with E-state index in [-0.39, 0.29) is 5.82 Å². The van der Waals surface area contributed by atoms with Gasteiger partial charge in [-0.05, 0) is 31.2 Å². The second-order valence-corrected chi connectivity index (χ2v) is 6.02. The predicted molar refractivity (Wildman–Crippen MR) is 91.4 cm³/mol. The number of nitrogens with one attached hydrogen (secondary N) is 1.